The Morgan fingerprint density at radius 3 is 2.77 bits per heavy atom. The first kappa shape index (κ1) is 21.9. The second-order valence-electron chi connectivity index (χ2n) is 6.39. The van der Waals surface area contributed by atoms with Crippen LogP contribution < -0.4 is 15.4 Å². The van der Waals surface area contributed by atoms with Gasteiger partial charge in [0.25, 0.3) is 0 Å². The van der Waals surface area contributed by atoms with E-state index in [1.165, 1.54) is 0 Å². The molecule has 0 aliphatic carbocycles. The molecule has 3 amide bonds. The fourth-order valence-electron chi connectivity index (χ4n) is 2.62. The Bertz CT molecular complexity index is 977. The topological polar surface area (TPSA) is 80.3 Å². The lowest BCUT2D eigenvalue weighted by Crippen LogP contribution is -2.39. The maximum Gasteiger partial charge on any atom is 0.321 e. The Labute approximate surface area is 184 Å². The number of thioether (sulfide) groups is 1. The molecule has 0 atom stereocenters. The van der Waals surface area contributed by atoms with Crippen molar-refractivity contribution in [3.8, 4) is 16.3 Å². The average molecular weight is 442 g/mol. The number of thiazole rings is 1. The third-order valence-corrected chi connectivity index (χ3v) is 6.07. The zero-order valence-corrected chi connectivity index (χ0v) is 18.2. The van der Waals surface area contributed by atoms with Crippen LogP contribution in [0.25, 0.3) is 10.6 Å². The van der Waals surface area contributed by atoms with Crippen LogP contribution in [-0.4, -0.2) is 29.8 Å². The number of aromatic nitrogens is 1. The minimum atomic E-state index is -0.476. The molecule has 156 valence electrons. The summed E-state index contributed by atoms with van der Waals surface area (Å²) in [4.78, 5) is 28.4. The second kappa shape index (κ2) is 11.4. The van der Waals surface area contributed by atoms with Gasteiger partial charge in [-0.25, -0.2) is 9.78 Å². The van der Waals surface area contributed by atoms with Crippen molar-refractivity contribution in [2.75, 3.05) is 12.9 Å². The summed E-state index contributed by atoms with van der Waals surface area (Å²) in [6.45, 7) is 0.383. The maximum absolute atomic E-state index is 11.9. The highest BCUT2D eigenvalue weighted by Crippen LogP contribution is 2.28. The minimum Gasteiger partial charge on any atom is -0.497 e. The van der Waals surface area contributed by atoms with Crippen LogP contribution in [0.5, 0.6) is 5.75 Å². The van der Waals surface area contributed by atoms with Gasteiger partial charge >= 0.3 is 6.03 Å². The molecular weight excluding hydrogens is 418 g/mol. The molecule has 0 aliphatic heterocycles. The molecule has 6 nitrogen and oxygen atoms in total. The van der Waals surface area contributed by atoms with Gasteiger partial charge in [0.05, 0.1) is 12.8 Å². The van der Waals surface area contributed by atoms with E-state index in [0.717, 1.165) is 27.6 Å². The summed E-state index contributed by atoms with van der Waals surface area (Å²) in [5.41, 5.74) is 2.98. The zero-order chi connectivity index (χ0) is 21.2. The standard InChI is InChI=1S/C22H23N3O3S2/c1-28-19-9-5-8-17(12-19)21-24-18(15-30-21)14-29-11-10-20(26)25-22(27)23-13-16-6-3-2-4-7-16/h2-9,12,15H,10-11,13-14H2,1H3,(H2,23,25,26,27). The van der Waals surface area contributed by atoms with E-state index in [4.69, 9.17) is 4.74 Å². The lowest BCUT2D eigenvalue weighted by Gasteiger charge is -2.06. The van der Waals surface area contributed by atoms with E-state index in [0.29, 0.717) is 18.1 Å². The van der Waals surface area contributed by atoms with Crippen LogP contribution in [0, 0.1) is 0 Å². The van der Waals surface area contributed by atoms with Gasteiger partial charge in [-0.3, -0.25) is 10.1 Å². The number of benzene rings is 2. The van der Waals surface area contributed by atoms with Crippen molar-refractivity contribution in [3.05, 3.63) is 71.2 Å². The molecule has 8 heteroatoms. The molecule has 0 fully saturated rings. The number of hydrogen-bond acceptors (Lipinski definition) is 6. The first-order valence-corrected chi connectivity index (χ1v) is 11.5. The van der Waals surface area contributed by atoms with E-state index in [1.807, 2.05) is 60.0 Å². The van der Waals surface area contributed by atoms with Crippen molar-refractivity contribution in [2.24, 2.45) is 0 Å². The van der Waals surface area contributed by atoms with Gasteiger partial charge in [0.1, 0.15) is 10.8 Å². The third-order valence-electron chi connectivity index (χ3n) is 4.14. The number of rotatable bonds is 9. The molecule has 2 N–H and O–H groups in total. The Hall–Kier alpha value is -2.84. The fraction of sp³-hybridized carbons (Fsp3) is 0.227. The van der Waals surface area contributed by atoms with Crippen LogP contribution in [0.1, 0.15) is 17.7 Å². The Balaban J connectivity index is 1.35. The van der Waals surface area contributed by atoms with Gasteiger partial charge in [-0.15, -0.1) is 11.3 Å². The summed E-state index contributed by atoms with van der Waals surface area (Å²) in [6.07, 6.45) is 0.274. The highest BCUT2D eigenvalue weighted by molar-refractivity contribution is 7.98. The lowest BCUT2D eigenvalue weighted by molar-refractivity contribution is -0.119. The number of ether oxygens (including phenoxy) is 1. The summed E-state index contributed by atoms with van der Waals surface area (Å²) < 4.78 is 5.26. The first-order valence-electron chi connectivity index (χ1n) is 9.42. The van der Waals surface area contributed by atoms with Gasteiger partial charge in [0, 0.05) is 35.4 Å². The monoisotopic (exact) mass is 441 g/mol. The number of urea groups is 1. The van der Waals surface area contributed by atoms with Crippen LogP contribution in [0.4, 0.5) is 4.79 Å². The number of nitrogens with zero attached hydrogens (tertiary/aromatic N) is 1. The van der Waals surface area contributed by atoms with E-state index in [2.05, 4.69) is 15.6 Å². The molecule has 0 spiro atoms. The summed E-state index contributed by atoms with van der Waals surface area (Å²) in [7, 11) is 1.64. The smallest absolute Gasteiger partial charge is 0.321 e. The predicted octanol–water partition coefficient (Wildman–Crippen LogP) is 4.47. The molecule has 1 aromatic heterocycles. The number of methoxy groups -OCH3 is 1. The van der Waals surface area contributed by atoms with Crippen molar-refractivity contribution in [3.63, 3.8) is 0 Å². The van der Waals surface area contributed by atoms with Crippen molar-refractivity contribution >= 4 is 35.0 Å². The number of nitrogens with one attached hydrogen (secondary N) is 2. The number of amides is 3. The number of imide groups is 1. The fourth-order valence-corrected chi connectivity index (χ4v) is 4.37. The second-order valence-corrected chi connectivity index (χ2v) is 8.36. The van der Waals surface area contributed by atoms with Gasteiger partial charge < -0.3 is 10.1 Å². The molecule has 0 saturated carbocycles. The van der Waals surface area contributed by atoms with E-state index in [1.54, 1.807) is 30.2 Å². The Morgan fingerprint density at radius 1 is 1.13 bits per heavy atom. The summed E-state index contributed by atoms with van der Waals surface area (Å²) in [5, 5.41) is 8.00. The highest BCUT2D eigenvalue weighted by atomic mass is 32.2. The van der Waals surface area contributed by atoms with Gasteiger partial charge in [-0.2, -0.15) is 11.8 Å². The Morgan fingerprint density at radius 2 is 1.97 bits per heavy atom. The summed E-state index contributed by atoms with van der Waals surface area (Å²) in [6, 6.07) is 16.9. The highest BCUT2D eigenvalue weighted by Gasteiger charge is 2.09. The van der Waals surface area contributed by atoms with E-state index < -0.39 is 6.03 Å². The predicted molar refractivity (Wildman–Crippen MR) is 122 cm³/mol. The molecule has 1 heterocycles. The summed E-state index contributed by atoms with van der Waals surface area (Å²) in [5.74, 6) is 1.85. The van der Waals surface area contributed by atoms with Crippen molar-refractivity contribution in [1.82, 2.24) is 15.6 Å². The van der Waals surface area contributed by atoms with E-state index >= 15 is 0 Å². The van der Waals surface area contributed by atoms with E-state index in [-0.39, 0.29) is 12.3 Å². The van der Waals surface area contributed by atoms with Crippen molar-refractivity contribution in [1.29, 1.82) is 0 Å². The minimum absolute atomic E-state index is 0.274. The molecule has 3 rings (SSSR count). The maximum atomic E-state index is 11.9. The quantitative estimate of drug-likeness (QED) is 0.479. The molecule has 3 aromatic rings. The number of carbonyl (C=O) groups is 2. The zero-order valence-electron chi connectivity index (χ0n) is 16.6. The molecule has 30 heavy (non-hydrogen) atoms. The van der Waals surface area contributed by atoms with Gasteiger partial charge in [-0.05, 0) is 17.7 Å². The molecule has 0 aliphatic rings. The normalized spacial score (nSPS) is 10.4. The lowest BCUT2D eigenvalue weighted by atomic mass is 10.2. The number of carbonyl (C=O) groups excluding carboxylic acids is 2. The molecule has 2 aromatic carbocycles. The number of hydrogen-bond donors (Lipinski definition) is 2. The third kappa shape index (κ3) is 6.89. The van der Waals surface area contributed by atoms with E-state index in [9.17, 15) is 9.59 Å². The molecule has 0 bridgehead atoms. The van der Waals surface area contributed by atoms with Crippen LogP contribution in [0.15, 0.2) is 60.0 Å². The molecule has 0 radical (unpaired) electrons. The van der Waals surface area contributed by atoms with Crippen LogP contribution in [0.2, 0.25) is 0 Å². The average Bonchev–Trinajstić information content (AvgIpc) is 3.25. The molecular formula is C22H23N3O3S2. The van der Waals surface area contributed by atoms with Gasteiger partial charge in [0.15, 0.2) is 0 Å². The van der Waals surface area contributed by atoms with Crippen LogP contribution in [-0.2, 0) is 17.1 Å². The van der Waals surface area contributed by atoms with Crippen molar-refractivity contribution < 1.29 is 14.3 Å². The van der Waals surface area contributed by atoms with Crippen LogP contribution >= 0.6 is 23.1 Å². The Kier molecular flexibility index (Phi) is 8.29. The molecule has 0 saturated heterocycles. The largest absolute Gasteiger partial charge is 0.497 e. The van der Waals surface area contributed by atoms with Gasteiger partial charge in [0.2, 0.25) is 5.91 Å². The van der Waals surface area contributed by atoms with Crippen LogP contribution in [0.3, 0.4) is 0 Å². The summed E-state index contributed by atoms with van der Waals surface area (Å²) >= 11 is 3.20. The first-order chi connectivity index (χ1) is 14.6. The SMILES string of the molecule is COc1cccc(-c2nc(CSCCC(=O)NC(=O)NCc3ccccc3)cs2)c1. The van der Waals surface area contributed by atoms with Gasteiger partial charge in [-0.1, -0.05) is 42.5 Å². The van der Waals surface area contributed by atoms with Crippen molar-refractivity contribution in [2.45, 2.75) is 18.7 Å². The molecule has 0 unspecified atom stereocenters.